The van der Waals surface area contributed by atoms with E-state index in [-0.39, 0.29) is 5.04 Å². The van der Waals surface area contributed by atoms with Gasteiger partial charge in [-0.25, -0.2) is 14.2 Å². The zero-order valence-electron chi connectivity index (χ0n) is 22.7. The van der Waals surface area contributed by atoms with Crippen LogP contribution in [0.2, 0.25) is 5.04 Å². The fourth-order valence-electron chi connectivity index (χ4n) is 3.80. The van der Waals surface area contributed by atoms with Crippen LogP contribution < -0.4 is 0 Å². The predicted octanol–water partition coefficient (Wildman–Crippen LogP) is 6.91. The van der Waals surface area contributed by atoms with Crippen molar-refractivity contribution in [1.29, 1.82) is 0 Å². The highest BCUT2D eigenvalue weighted by molar-refractivity contribution is 7.21. The lowest BCUT2D eigenvalue weighted by molar-refractivity contribution is 0.0545. The maximum atomic E-state index is 13.5. The van der Waals surface area contributed by atoms with Crippen molar-refractivity contribution < 1.29 is 23.5 Å². The Morgan fingerprint density at radius 3 is 2.35 bits per heavy atom. The van der Waals surface area contributed by atoms with Crippen molar-refractivity contribution in [3.8, 4) is 11.4 Å². The summed E-state index contributed by atoms with van der Waals surface area (Å²) in [6.45, 7) is 16.1. The normalized spacial score (nSPS) is 12.9. The summed E-state index contributed by atoms with van der Waals surface area (Å²) in [5, 5.41) is 8.39. The van der Waals surface area contributed by atoms with Gasteiger partial charge in [-0.1, -0.05) is 26.8 Å². The van der Waals surface area contributed by atoms with Crippen LogP contribution in [0.3, 0.4) is 0 Å². The number of H-pyrrole nitrogens is 1. The quantitative estimate of drug-likeness (QED) is 0.219. The number of rotatable bonds is 5. The van der Waals surface area contributed by atoms with Crippen molar-refractivity contribution in [2.75, 3.05) is 7.11 Å². The molecule has 2 radical (unpaired) electrons. The molecule has 0 fully saturated rings. The monoisotopic (exact) mass is 539 g/mol. The number of benzene rings is 1. The van der Waals surface area contributed by atoms with Crippen molar-refractivity contribution in [1.82, 2.24) is 14.8 Å². The van der Waals surface area contributed by atoms with Gasteiger partial charge in [0.05, 0.1) is 34.1 Å². The number of fused-ring (bicyclic) bond motifs is 2. The van der Waals surface area contributed by atoms with Gasteiger partial charge in [0.1, 0.15) is 16.2 Å². The number of nitrogens with zero attached hydrogens (tertiary/aromatic N) is 2. The summed E-state index contributed by atoms with van der Waals surface area (Å²) in [6.07, 6.45) is -0.504. The fourth-order valence-corrected chi connectivity index (χ4v) is 5.50. The molecular weight excluding hydrogens is 506 g/mol. The van der Waals surface area contributed by atoms with Crippen molar-refractivity contribution in [3.63, 3.8) is 0 Å². The van der Waals surface area contributed by atoms with Gasteiger partial charge in [-0.05, 0) is 69.5 Å². The first kappa shape index (κ1) is 27.1. The highest BCUT2D eigenvalue weighted by atomic mass is 32.1. The lowest BCUT2D eigenvalue weighted by atomic mass is 9.97. The molecule has 3 aromatic heterocycles. The van der Waals surface area contributed by atoms with Gasteiger partial charge in [-0.3, -0.25) is 5.10 Å². The summed E-state index contributed by atoms with van der Waals surface area (Å²) >= 11 is 1.26. The Morgan fingerprint density at radius 2 is 1.73 bits per heavy atom. The summed E-state index contributed by atoms with van der Waals surface area (Å²) in [7, 11) is 1.68. The number of thiophene rings is 1. The maximum absolute atomic E-state index is 13.5. The van der Waals surface area contributed by atoms with Gasteiger partial charge in [-0.15, -0.1) is 11.3 Å². The third-order valence-electron chi connectivity index (χ3n) is 5.55. The minimum atomic E-state index is -0.684. The van der Waals surface area contributed by atoms with E-state index in [1.54, 1.807) is 10.6 Å². The van der Waals surface area contributed by atoms with Crippen molar-refractivity contribution >= 4 is 54.3 Å². The van der Waals surface area contributed by atoms with E-state index in [1.165, 1.54) is 18.4 Å². The first-order valence-electron chi connectivity index (χ1n) is 12.0. The third-order valence-corrected chi connectivity index (χ3v) is 7.90. The zero-order chi connectivity index (χ0) is 27.3. The smallest absolute Gasteiger partial charge is 0.419 e. The van der Waals surface area contributed by atoms with E-state index in [9.17, 15) is 9.59 Å². The highest BCUT2D eigenvalue weighted by Gasteiger charge is 2.29. The second-order valence-corrected chi connectivity index (χ2v) is 14.5. The number of aromatic amines is 1. The third kappa shape index (κ3) is 5.66. The molecule has 4 rings (SSSR count). The minimum absolute atomic E-state index is 0.0592. The summed E-state index contributed by atoms with van der Waals surface area (Å²) in [5.41, 5.74) is 2.32. The Morgan fingerprint density at radius 1 is 1.03 bits per heavy atom. The average molecular weight is 540 g/mol. The van der Waals surface area contributed by atoms with Gasteiger partial charge in [-0.2, -0.15) is 5.10 Å². The molecule has 0 atom stereocenters. The van der Waals surface area contributed by atoms with Crippen LogP contribution in [0.1, 0.15) is 70.6 Å². The number of hydrogen-bond donors (Lipinski definition) is 1. The summed E-state index contributed by atoms with van der Waals surface area (Å²) in [6, 6.07) is 9.59. The van der Waals surface area contributed by atoms with Crippen LogP contribution in [0, 0.1) is 0 Å². The van der Waals surface area contributed by atoms with Gasteiger partial charge >= 0.3 is 12.1 Å². The number of methoxy groups -OCH3 is 1. The number of ether oxygens (including phenoxy) is 2. The Kier molecular flexibility index (Phi) is 6.89. The Balaban J connectivity index is 1.87. The number of carbonyl (C=O) groups is 2. The zero-order valence-corrected chi connectivity index (χ0v) is 24.5. The summed E-state index contributed by atoms with van der Waals surface area (Å²) in [4.78, 5) is 26.0. The first-order valence-corrected chi connectivity index (χ1v) is 13.7. The van der Waals surface area contributed by atoms with E-state index in [0.717, 1.165) is 15.6 Å². The van der Waals surface area contributed by atoms with E-state index in [0.29, 0.717) is 37.1 Å². The molecule has 0 aliphatic rings. The van der Waals surface area contributed by atoms with Crippen LogP contribution in [0.25, 0.3) is 32.5 Å². The lowest BCUT2D eigenvalue weighted by Crippen LogP contribution is -2.28. The molecule has 1 aromatic carbocycles. The molecule has 196 valence electrons. The molecule has 0 saturated heterocycles. The lowest BCUT2D eigenvalue weighted by Gasteiger charge is -2.29. The summed E-state index contributed by atoms with van der Waals surface area (Å²) in [5.74, 6) is -0.420. The standard InChI is InChI=1S/C27H33N3O5SSi/c1-25(2,3)34-24(32)30-18-11-10-16(27(7,8)35-37-26(4,5)6)12-15(18)13-19(30)21-22-17(28-29-21)14-20(36-22)23(31)33-9/h10-14H,1-9H3,(H,28,29). The molecule has 1 N–H and O–H groups in total. The molecule has 0 spiro atoms. The molecule has 0 aliphatic heterocycles. The molecular formula is C27H33N3O5SSi. The van der Waals surface area contributed by atoms with Crippen LogP contribution >= 0.6 is 11.3 Å². The predicted molar refractivity (Wildman–Crippen MR) is 147 cm³/mol. The minimum Gasteiger partial charge on any atom is -0.465 e. The van der Waals surface area contributed by atoms with E-state index < -0.39 is 23.3 Å². The molecule has 37 heavy (non-hydrogen) atoms. The van der Waals surface area contributed by atoms with Gasteiger partial charge < -0.3 is 13.9 Å². The topological polar surface area (TPSA) is 95.4 Å². The van der Waals surface area contributed by atoms with Gasteiger partial charge in [0.2, 0.25) is 9.76 Å². The maximum Gasteiger partial charge on any atom is 0.419 e. The molecule has 0 saturated carbocycles. The van der Waals surface area contributed by atoms with Crippen molar-refractivity contribution in [2.24, 2.45) is 0 Å². The fraction of sp³-hybridized carbons (Fsp3) is 0.444. The van der Waals surface area contributed by atoms with E-state index in [2.05, 4.69) is 44.8 Å². The van der Waals surface area contributed by atoms with Crippen LogP contribution in [0.4, 0.5) is 4.79 Å². The van der Waals surface area contributed by atoms with E-state index in [1.807, 2.05) is 45.0 Å². The van der Waals surface area contributed by atoms with Crippen LogP contribution in [-0.4, -0.2) is 49.3 Å². The molecule has 0 unspecified atom stereocenters. The SMILES string of the molecule is COC(=O)c1cc2[nH]nc(-c3cc4cc(C(C)(C)O[Si]C(C)(C)C)ccc4n3C(=O)OC(C)(C)C)c2s1. The average Bonchev–Trinajstić information content (AvgIpc) is 3.47. The Bertz CT molecular complexity index is 1480. The number of hydrogen-bond acceptors (Lipinski definition) is 7. The second-order valence-electron chi connectivity index (χ2n) is 11.5. The van der Waals surface area contributed by atoms with Crippen LogP contribution in [0.15, 0.2) is 30.3 Å². The number of carbonyl (C=O) groups excluding carboxylic acids is 2. The largest absolute Gasteiger partial charge is 0.465 e. The molecule has 8 nitrogen and oxygen atoms in total. The molecule has 10 heteroatoms. The van der Waals surface area contributed by atoms with Crippen molar-refractivity contribution in [2.45, 2.75) is 71.6 Å². The number of esters is 1. The number of aromatic nitrogens is 3. The van der Waals surface area contributed by atoms with Gasteiger partial charge in [0.25, 0.3) is 0 Å². The van der Waals surface area contributed by atoms with E-state index in [4.69, 9.17) is 13.9 Å². The molecule has 4 aromatic rings. The van der Waals surface area contributed by atoms with Gasteiger partial charge in [0, 0.05) is 5.39 Å². The molecule has 0 amide bonds. The molecule has 0 bridgehead atoms. The molecule has 0 aliphatic carbocycles. The van der Waals surface area contributed by atoms with Crippen LogP contribution in [0.5, 0.6) is 0 Å². The Hall–Kier alpha value is -2.95. The molecule has 3 heterocycles. The number of nitrogens with one attached hydrogen (secondary N) is 1. The Labute approximate surface area is 223 Å². The summed E-state index contributed by atoms with van der Waals surface area (Å²) < 4.78 is 19.3. The second kappa shape index (κ2) is 9.41. The highest BCUT2D eigenvalue weighted by Crippen LogP contribution is 2.38. The van der Waals surface area contributed by atoms with Crippen molar-refractivity contribution in [3.05, 3.63) is 40.8 Å². The first-order chi connectivity index (χ1) is 17.1. The van der Waals surface area contributed by atoms with E-state index >= 15 is 0 Å². The van der Waals surface area contributed by atoms with Gasteiger partial charge in [0.15, 0.2) is 0 Å². The van der Waals surface area contributed by atoms with Crippen LogP contribution in [-0.2, 0) is 19.5 Å².